The number of anilines is 1. The first-order valence-corrected chi connectivity index (χ1v) is 8.14. The third-order valence-corrected chi connectivity index (χ3v) is 4.34. The second-order valence-corrected chi connectivity index (χ2v) is 6.16. The maximum atomic E-state index is 13.8. The van der Waals surface area contributed by atoms with Crippen molar-refractivity contribution in [2.45, 2.75) is 19.4 Å². The number of nitrogens with one attached hydrogen (secondary N) is 1. The lowest BCUT2D eigenvalue weighted by molar-refractivity contribution is -0.121. The molecule has 1 fully saturated rings. The van der Waals surface area contributed by atoms with Crippen molar-refractivity contribution in [3.05, 3.63) is 65.7 Å². The Morgan fingerprint density at radius 1 is 1.12 bits per heavy atom. The Balaban J connectivity index is 1.59. The van der Waals surface area contributed by atoms with Crippen molar-refractivity contribution in [1.82, 2.24) is 4.90 Å². The number of carbonyl (C=O) groups is 1. The Hall–Kier alpha value is -2.27. The van der Waals surface area contributed by atoms with E-state index in [1.807, 2.05) is 6.07 Å². The van der Waals surface area contributed by atoms with Crippen molar-refractivity contribution >= 4 is 11.6 Å². The van der Waals surface area contributed by atoms with Gasteiger partial charge in [-0.3, -0.25) is 9.69 Å². The monoisotopic (exact) mass is 330 g/mol. The summed E-state index contributed by atoms with van der Waals surface area (Å²) >= 11 is 0. The second-order valence-electron chi connectivity index (χ2n) is 6.16. The van der Waals surface area contributed by atoms with E-state index in [-0.39, 0.29) is 23.5 Å². The van der Waals surface area contributed by atoms with Crippen LogP contribution in [0.3, 0.4) is 0 Å². The minimum Gasteiger partial charge on any atom is -0.326 e. The van der Waals surface area contributed by atoms with E-state index in [9.17, 15) is 13.6 Å². The number of carbonyl (C=O) groups excluding carboxylic acids is 1. The van der Waals surface area contributed by atoms with Crippen molar-refractivity contribution in [3.8, 4) is 0 Å². The van der Waals surface area contributed by atoms with Crippen LogP contribution < -0.4 is 5.32 Å². The number of likely N-dealkylation sites (tertiary alicyclic amines) is 1. The summed E-state index contributed by atoms with van der Waals surface area (Å²) in [6.45, 7) is 1.96. The van der Waals surface area contributed by atoms with E-state index in [2.05, 4.69) is 10.2 Å². The van der Waals surface area contributed by atoms with E-state index in [4.69, 9.17) is 0 Å². The largest absolute Gasteiger partial charge is 0.326 e. The summed E-state index contributed by atoms with van der Waals surface area (Å²) < 4.78 is 26.7. The third-order valence-electron chi connectivity index (χ3n) is 4.34. The minimum atomic E-state index is -0.332. The van der Waals surface area contributed by atoms with Gasteiger partial charge in [-0.15, -0.1) is 0 Å². The summed E-state index contributed by atoms with van der Waals surface area (Å²) in [5.74, 6) is -0.757. The van der Waals surface area contributed by atoms with E-state index in [0.29, 0.717) is 24.3 Å². The molecule has 126 valence electrons. The molecule has 3 rings (SSSR count). The van der Waals surface area contributed by atoms with Crippen LogP contribution in [0, 0.1) is 17.6 Å². The molecular weight excluding hydrogens is 310 g/mol. The van der Waals surface area contributed by atoms with Gasteiger partial charge in [-0.1, -0.05) is 18.2 Å². The van der Waals surface area contributed by atoms with Crippen LogP contribution in [0.1, 0.15) is 18.4 Å². The maximum Gasteiger partial charge on any atom is 0.228 e. The molecule has 0 saturated carbocycles. The standard InChI is InChI=1S/C19H20F2N2O/c20-16-7-9-17(10-8-16)22-19(24)15-5-3-11-23(13-15)12-14-4-1-2-6-18(14)21/h1-2,4,6-10,15H,3,5,11-13H2,(H,22,24). The number of piperidine rings is 1. The highest BCUT2D eigenvalue weighted by Gasteiger charge is 2.26. The van der Waals surface area contributed by atoms with Gasteiger partial charge in [0.2, 0.25) is 5.91 Å². The lowest BCUT2D eigenvalue weighted by Crippen LogP contribution is -2.40. The van der Waals surface area contributed by atoms with Gasteiger partial charge in [-0.05, 0) is 49.7 Å². The highest BCUT2D eigenvalue weighted by atomic mass is 19.1. The van der Waals surface area contributed by atoms with Gasteiger partial charge >= 0.3 is 0 Å². The number of nitrogens with zero attached hydrogens (tertiary/aromatic N) is 1. The minimum absolute atomic E-state index is 0.0696. The lowest BCUT2D eigenvalue weighted by atomic mass is 9.96. The maximum absolute atomic E-state index is 13.8. The fraction of sp³-hybridized carbons (Fsp3) is 0.316. The van der Waals surface area contributed by atoms with Crippen molar-refractivity contribution in [3.63, 3.8) is 0 Å². The quantitative estimate of drug-likeness (QED) is 0.924. The third kappa shape index (κ3) is 4.17. The molecule has 1 saturated heterocycles. The number of amides is 1. The Labute approximate surface area is 140 Å². The zero-order chi connectivity index (χ0) is 16.9. The number of halogens is 2. The number of hydrogen-bond donors (Lipinski definition) is 1. The highest BCUT2D eigenvalue weighted by Crippen LogP contribution is 2.21. The molecule has 5 heteroatoms. The summed E-state index contributed by atoms with van der Waals surface area (Å²) in [5.41, 5.74) is 1.24. The molecule has 0 aromatic heterocycles. The molecule has 0 aliphatic carbocycles. The molecule has 2 aromatic rings. The fourth-order valence-corrected chi connectivity index (χ4v) is 3.06. The van der Waals surface area contributed by atoms with Crippen molar-refractivity contribution in [2.24, 2.45) is 5.92 Å². The van der Waals surface area contributed by atoms with E-state index in [1.165, 1.54) is 18.2 Å². The van der Waals surface area contributed by atoms with Gasteiger partial charge in [0.1, 0.15) is 11.6 Å². The normalized spacial score (nSPS) is 18.3. The van der Waals surface area contributed by atoms with Gasteiger partial charge in [0.15, 0.2) is 0 Å². The van der Waals surface area contributed by atoms with Gasteiger partial charge in [0.05, 0.1) is 5.92 Å². The molecule has 0 radical (unpaired) electrons. The van der Waals surface area contributed by atoms with E-state index >= 15 is 0 Å². The highest BCUT2D eigenvalue weighted by molar-refractivity contribution is 5.92. The molecule has 0 bridgehead atoms. The molecule has 1 aliphatic rings. The SMILES string of the molecule is O=C(Nc1ccc(F)cc1)C1CCCN(Cc2ccccc2F)C1. The second kappa shape index (κ2) is 7.53. The van der Waals surface area contributed by atoms with Crippen LogP contribution >= 0.6 is 0 Å². The smallest absolute Gasteiger partial charge is 0.228 e. The van der Waals surface area contributed by atoms with Crippen LogP contribution in [0.4, 0.5) is 14.5 Å². The van der Waals surface area contributed by atoms with Crippen LogP contribution in [0.2, 0.25) is 0 Å². The number of benzene rings is 2. The average molecular weight is 330 g/mol. The molecule has 1 heterocycles. The summed E-state index contributed by atoms with van der Waals surface area (Å²) in [6.07, 6.45) is 1.71. The molecule has 1 atom stereocenters. The topological polar surface area (TPSA) is 32.3 Å². The Morgan fingerprint density at radius 2 is 1.88 bits per heavy atom. The average Bonchev–Trinajstić information content (AvgIpc) is 2.59. The number of hydrogen-bond acceptors (Lipinski definition) is 2. The van der Waals surface area contributed by atoms with Gasteiger partial charge in [-0.25, -0.2) is 8.78 Å². The summed E-state index contributed by atoms with van der Waals surface area (Å²) in [5, 5.41) is 2.83. The lowest BCUT2D eigenvalue weighted by Gasteiger charge is -2.32. The molecule has 1 aliphatic heterocycles. The first-order chi connectivity index (χ1) is 11.6. The summed E-state index contributed by atoms with van der Waals surface area (Å²) in [7, 11) is 0. The van der Waals surface area contributed by atoms with Gasteiger partial charge < -0.3 is 5.32 Å². The van der Waals surface area contributed by atoms with Crippen molar-refractivity contribution < 1.29 is 13.6 Å². The van der Waals surface area contributed by atoms with Crippen LogP contribution in [0.5, 0.6) is 0 Å². The molecule has 1 amide bonds. The van der Waals surface area contributed by atoms with Crippen LogP contribution in [0.15, 0.2) is 48.5 Å². The van der Waals surface area contributed by atoms with Crippen LogP contribution in [-0.2, 0) is 11.3 Å². The van der Waals surface area contributed by atoms with E-state index in [1.54, 1.807) is 24.3 Å². The summed E-state index contributed by atoms with van der Waals surface area (Å²) in [4.78, 5) is 14.5. The number of rotatable bonds is 4. The van der Waals surface area contributed by atoms with Gasteiger partial charge in [0, 0.05) is 24.3 Å². The predicted octanol–water partition coefficient (Wildman–Crippen LogP) is 3.82. The Morgan fingerprint density at radius 3 is 2.62 bits per heavy atom. The zero-order valence-corrected chi connectivity index (χ0v) is 13.3. The molecular formula is C19H20F2N2O. The van der Waals surface area contributed by atoms with E-state index in [0.717, 1.165) is 19.4 Å². The van der Waals surface area contributed by atoms with Gasteiger partial charge in [-0.2, -0.15) is 0 Å². The molecule has 1 unspecified atom stereocenters. The Bertz CT molecular complexity index is 703. The van der Waals surface area contributed by atoms with E-state index < -0.39 is 0 Å². The predicted molar refractivity (Wildman–Crippen MR) is 89.4 cm³/mol. The van der Waals surface area contributed by atoms with Crippen molar-refractivity contribution in [1.29, 1.82) is 0 Å². The molecule has 3 nitrogen and oxygen atoms in total. The van der Waals surface area contributed by atoms with Crippen LogP contribution in [0.25, 0.3) is 0 Å². The fourth-order valence-electron chi connectivity index (χ4n) is 3.06. The first-order valence-electron chi connectivity index (χ1n) is 8.14. The molecule has 0 spiro atoms. The Kier molecular flexibility index (Phi) is 5.20. The van der Waals surface area contributed by atoms with Gasteiger partial charge in [0.25, 0.3) is 0 Å². The zero-order valence-electron chi connectivity index (χ0n) is 13.3. The van der Waals surface area contributed by atoms with Crippen molar-refractivity contribution in [2.75, 3.05) is 18.4 Å². The molecule has 24 heavy (non-hydrogen) atoms. The molecule has 1 N–H and O–H groups in total. The van der Waals surface area contributed by atoms with Crippen LogP contribution in [-0.4, -0.2) is 23.9 Å². The molecule has 2 aromatic carbocycles. The first kappa shape index (κ1) is 16.6. The summed E-state index contributed by atoms with van der Waals surface area (Å²) in [6, 6.07) is 12.5.